The Labute approximate surface area is 126 Å². The summed E-state index contributed by atoms with van der Waals surface area (Å²) in [6.45, 7) is 8.03. The van der Waals surface area contributed by atoms with Crippen molar-refractivity contribution < 1.29 is 9.90 Å². The summed E-state index contributed by atoms with van der Waals surface area (Å²) in [5.41, 5.74) is 1.09. The van der Waals surface area contributed by atoms with Crippen molar-refractivity contribution in [1.29, 1.82) is 0 Å². The quantitative estimate of drug-likeness (QED) is 0.794. The molecule has 1 saturated heterocycles. The number of aromatic nitrogens is 2. The van der Waals surface area contributed by atoms with Gasteiger partial charge in [-0.1, -0.05) is 13.8 Å². The van der Waals surface area contributed by atoms with E-state index in [1.165, 1.54) is 19.0 Å². The zero-order valence-electron chi connectivity index (χ0n) is 13.2. The lowest BCUT2D eigenvalue weighted by atomic mass is 10.1. The van der Waals surface area contributed by atoms with Gasteiger partial charge in [0.2, 0.25) is 0 Å². The fourth-order valence-corrected chi connectivity index (χ4v) is 2.99. The number of hydrogen-bond acceptors (Lipinski definition) is 4. The number of nitrogens with zero attached hydrogens (tertiary/aromatic N) is 3. The number of aryl methyl sites for hydroxylation is 1. The molecular formula is C15H26N4O2. The van der Waals surface area contributed by atoms with Crippen molar-refractivity contribution in [2.24, 2.45) is 13.0 Å². The first kappa shape index (κ1) is 16.0. The Morgan fingerprint density at radius 2 is 2.38 bits per heavy atom. The highest BCUT2D eigenvalue weighted by molar-refractivity contribution is 5.88. The van der Waals surface area contributed by atoms with E-state index < -0.39 is 5.97 Å². The van der Waals surface area contributed by atoms with Crippen molar-refractivity contribution in [1.82, 2.24) is 20.0 Å². The van der Waals surface area contributed by atoms with Crippen molar-refractivity contribution >= 4 is 5.97 Å². The van der Waals surface area contributed by atoms with Gasteiger partial charge < -0.3 is 10.4 Å². The lowest BCUT2D eigenvalue weighted by molar-refractivity contribution is 0.0694. The number of carboxylic acids is 1. The van der Waals surface area contributed by atoms with Gasteiger partial charge in [0.15, 0.2) is 0 Å². The zero-order chi connectivity index (χ0) is 15.4. The van der Waals surface area contributed by atoms with Crippen LogP contribution in [0.2, 0.25) is 0 Å². The third-order valence-electron chi connectivity index (χ3n) is 3.93. The molecule has 21 heavy (non-hydrogen) atoms. The fourth-order valence-electron chi connectivity index (χ4n) is 2.99. The zero-order valence-corrected chi connectivity index (χ0v) is 13.2. The lowest BCUT2D eigenvalue weighted by Crippen LogP contribution is -2.39. The van der Waals surface area contributed by atoms with Gasteiger partial charge in [-0.05, 0) is 25.3 Å². The highest BCUT2D eigenvalue weighted by Gasteiger charge is 2.22. The second kappa shape index (κ2) is 7.04. The predicted molar refractivity (Wildman–Crippen MR) is 81.3 cm³/mol. The highest BCUT2D eigenvalue weighted by Crippen LogP contribution is 2.15. The largest absolute Gasteiger partial charge is 0.478 e. The third-order valence-corrected chi connectivity index (χ3v) is 3.93. The SMILES string of the molecule is CC(C)CN(Cc1c(C(=O)O)cnn1C)CC1CCCN1. The van der Waals surface area contributed by atoms with Crippen molar-refractivity contribution in [2.45, 2.75) is 39.3 Å². The van der Waals surface area contributed by atoms with Crippen molar-refractivity contribution in [3.63, 3.8) is 0 Å². The van der Waals surface area contributed by atoms with E-state index in [4.69, 9.17) is 0 Å². The van der Waals surface area contributed by atoms with Crippen LogP contribution in [0.4, 0.5) is 0 Å². The van der Waals surface area contributed by atoms with Crippen LogP contribution < -0.4 is 5.32 Å². The van der Waals surface area contributed by atoms with Crippen LogP contribution in [0.25, 0.3) is 0 Å². The van der Waals surface area contributed by atoms with Gasteiger partial charge in [-0.3, -0.25) is 9.58 Å². The molecule has 6 nitrogen and oxygen atoms in total. The smallest absolute Gasteiger partial charge is 0.339 e. The summed E-state index contributed by atoms with van der Waals surface area (Å²) in [4.78, 5) is 13.6. The minimum Gasteiger partial charge on any atom is -0.478 e. The first-order chi connectivity index (χ1) is 9.97. The van der Waals surface area contributed by atoms with Gasteiger partial charge in [-0.15, -0.1) is 0 Å². The van der Waals surface area contributed by atoms with Crippen LogP contribution in [-0.4, -0.2) is 51.4 Å². The summed E-state index contributed by atoms with van der Waals surface area (Å²) >= 11 is 0. The van der Waals surface area contributed by atoms with E-state index in [2.05, 4.69) is 29.2 Å². The number of aromatic carboxylic acids is 1. The molecule has 2 heterocycles. The molecular weight excluding hydrogens is 268 g/mol. The van der Waals surface area contributed by atoms with E-state index in [0.29, 0.717) is 24.1 Å². The predicted octanol–water partition coefficient (Wildman–Crippen LogP) is 1.33. The Morgan fingerprint density at radius 1 is 1.62 bits per heavy atom. The van der Waals surface area contributed by atoms with Crippen LogP contribution in [-0.2, 0) is 13.6 Å². The van der Waals surface area contributed by atoms with Gasteiger partial charge in [-0.25, -0.2) is 4.79 Å². The van der Waals surface area contributed by atoms with Crippen LogP contribution in [0.15, 0.2) is 6.20 Å². The van der Waals surface area contributed by atoms with E-state index in [1.807, 2.05) is 7.05 Å². The molecule has 1 fully saturated rings. The number of hydrogen-bond donors (Lipinski definition) is 2. The van der Waals surface area contributed by atoms with Gasteiger partial charge in [-0.2, -0.15) is 5.10 Å². The van der Waals surface area contributed by atoms with Gasteiger partial charge in [0.05, 0.1) is 11.9 Å². The molecule has 118 valence electrons. The molecule has 0 spiro atoms. The Morgan fingerprint density at radius 3 is 2.95 bits per heavy atom. The minimum absolute atomic E-state index is 0.311. The van der Waals surface area contributed by atoms with E-state index >= 15 is 0 Å². The molecule has 1 aliphatic rings. The summed E-state index contributed by atoms with van der Waals surface area (Å²) in [5, 5.41) is 16.9. The van der Waals surface area contributed by atoms with Gasteiger partial charge in [0.25, 0.3) is 0 Å². The summed E-state index contributed by atoms with van der Waals surface area (Å²) in [5.74, 6) is -0.352. The molecule has 6 heteroatoms. The van der Waals surface area contributed by atoms with Crippen molar-refractivity contribution in [3.8, 4) is 0 Å². The van der Waals surface area contributed by atoms with Gasteiger partial charge >= 0.3 is 5.97 Å². The second-order valence-electron chi connectivity index (χ2n) is 6.31. The average molecular weight is 294 g/mol. The molecule has 1 unspecified atom stereocenters. The third kappa shape index (κ3) is 4.28. The molecule has 0 bridgehead atoms. The normalized spacial score (nSPS) is 18.8. The van der Waals surface area contributed by atoms with Gasteiger partial charge in [0, 0.05) is 32.7 Å². The van der Waals surface area contributed by atoms with Crippen LogP contribution in [0.1, 0.15) is 42.7 Å². The molecule has 0 saturated carbocycles. The molecule has 1 aliphatic heterocycles. The summed E-state index contributed by atoms with van der Waals surface area (Å²) in [6, 6.07) is 0.519. The number of carboxylic acid groups (broad SMARTS) is 1. The summed E-state index contributed by atoms with van der Waals surface area (Å²) in [7, 11) is 1.81. The summed E-state index contributed by atoms with van der Waals surface area (Å²) in [6.07, 6.45) is 3.87. The van der Waals surface area contributed by atoms with Crippen molar-refractivity contribution in [3.05, 3.63) is 17.5 Å². The molecule has 0 aliphatic carbocycles. The first-order valence-corrected chi connectivity index (χ1v) is 7.67. The van der Waals surface area contributed by atoms with Crippen LogP contribution in [0.5, 0.6) is 0 Å². The fraction of sp³-hybridized carbons (Fsp3) is 0.733. The Hall–Kier alpha value is -1.40. The van der Waals surface area contributed by atoms with E-state index in [1.54, 1.807) is 4.68 Å². The minimum atomic E-state index is -0.901. The molecule has 0 amide bonds. The molecule has 2 rings (SSSR count). The van der Waals surface area contributed by atoms with E-state index in [-0.39, 0.29) is 0 Å². The topological polar surface area (TPSA) is 70.4 Å². The second-order valence-corrected chi connectivity index (χ2v) is 6.31. The van der Waals surface area contributed by atoms with E-state index in [9.17, 15) is 9.90 Å². The van der Waals surface area contributed by atoms with Crippen molar-refractivity contribution in [2.75, 3.05) is 19.6 Å². The Kier molecular flexibility index (Phi) is 5.36. The summed E-state index contributed by atoms with van der Waals surface area (Å²) < 4.78 is 1.68. The maximum atomic E-state index is 11.3. The Bertz CT molecular complexity index is 478. The number of nitrogens with one attached hydrogen (secondary N) is 1. The van der Waals surface area contributed by atoms with Crippen LogP contribution in [0, 0.1) is 5.92 Å². The first-order valence-electron chi connectivity index (χ1n) is 7.67. The molecule has 1 atom stereocenters. The maximum absolute atomic E-state index is 11.3. The molecule has 1 aromatic heterocycles. The van der Waals surface area contributed by atoms with Crippen LogP contribution in [0.3, 0.4) is 0 Å². The van der Waals surface area contributed by atoms with Gasteiger partial charge in [0.1, 0.15) is 5.56 Å². The average Bonchev–Trinajstić information content (AvgIpc) is 3.00. The molecule has 2 N–H and O–H groups in total. The highest BCUT2D eigenvalue weighted by atomic mass is 16.4. The van der Waals surface area contributed by atoms with Crippen LogP contribution >= 0.6 is 0 Å². The monoisotopic (exact) mass is 294 g/mol. The number of carbonyl (C=O) groups is 1. The standard InChI is InChI=1S/C15H26N4O2/c1-11(2)8-19(9-12-5-4-6-16-12)10-14-13(15(20)21)7-17-18(14)3/h7,11-12,16H,4-6,8-10H2,1-3H3,(H,20,21). The Balaban J connectivity index is 2.10. The lowest BCUT2D eigenvalue weighted by Gasteiger charge is -2.27. The molecule has 0 radical (unpaired) electrons. The molecule has 1 aromatic rings. The number of rotatable bonds is 7. The van der Waals surface area contributed by atoms with E-state index in [0.717, 1.165) is 25.3 Å². The molecule has 0 aromatic carbocycles. The maximum Gasteiger partial charge on any atom is 0.339 e.